The third kappa shape index (κ3) is 2.45. The summed E-state index contributed by atoms with van der Waals surface area (Å²) in [6.07, 6.45) is 1.48. The molecule has 1 spiro atoms. The van der Waals surface area contributed by atoms with Crippen LogP contribution in [-0.2, 0) is 9.47 Å². The Bertz CT molecular complexity index is 487. The van der Waals surface area contributed by atoms with Gasteiger partial charge in [0.15, 0.2) is 5.79 Å². The van der Waals surface area contributed by atoms with Crippen LogP contribution in [-0.4, -0.2) is 52.5 Å². The summed E-state index contributed by atoms with van der Waals surface area (Å²) in [5.74, 6) is -0.189. The van der Waals surface area contributed by atoms with Gasteiger partial charge >= 0.3 is 0 Å². The highest BCUT2D eigenvalue weighted by molar-refractivity contribution is 7.08. The molecule has 20 heavy (non-hydrogen) atoms. The summed E-state index contributed by atoms with van der Waals surface area (Å²) in [5.41, 5.74) is 0.800. The van der Waals surface area contributed by atoms with Gasteiger partial charge in [-0.15, -0.1) is 5.10 Å². The van der Waals surface area contributed by atoms with E-state index in [9.17, 15) is 4.79 Å². The minimum Gasteiger partial charge on any atom is -0.347 e. The predicted octanol–water partition coefficient (Wildman–Crippen LogP) is 1.64. The lowest BCUT2D eigenvalue weighted by Crippen LogP contribution is -2.47. The molecule has 0 atom stereocenters. The lowest BCUT2D eigenvalue weighted by Gasteiger charge is -2.37. The molecule has 3 rings (SSSR count). The van der Waals surface area contributed by atoms with E-state index in [0.29, 0.717) is 31.2 Å². The summed E-state index contributed by atoms with van der Waals surface area (Å²) in [7, 11) is 0. The molecule has 0 aliphatic carbocycles. The van der Waals surface area contributed by atoms with Crippen molar-refractivity contribution < 1.29 is 14.3 Å². The first-order chi connectivity index (χ1) is 9.61. The molecule has 6 nitrogen and oxygen atoms in total. The van der Waals surface area contributed by atoms with Crippen molar-refractivity contribution >= 4 is 17.4 Å². The van der Waals surface area contributed by atoms with Crippen LogP contribution in [0.15, 0.2) is 0 Å². The second-order valence-electron chi connectivity index (χ2n) is 5.54. The number of piperidine rings is 1. The number of aromatic nitrogens is 2. The molecule has 2 aliphatic heterocycles. The molecule has 0 aromatic carbocycles. The van der Waals surface area contributed by atoms with Gasteiger partial charge in [0.2, 0.25) is 0 Å². The lowest BCUT2D eigenvalue weighted by atomic mass is 10.0. The van der Waals surface area contributed by atoms with Gasteiger partial charge in [-0.25, -0.2) is 0 Å². The molecule has 0 N–H and O–H groups in total. The molecular formula is C13H19N3O3S. The van der Waals surface area contributed by atoms with Gasteiger partial charge in [-0.2, -0.15) is 0 Å². The van der Waals surface area contributed by atoms with Crippen molar-refractivity contribution in [3.8, 4) is 0 Å². The van der Waals surface area contributed by atoms with Crippen molar-refractivity contribution in [3.63, 3.8) is 0 Å². The van der Waals surface area contributed by atoms with Gasteiger partial charge < -0.3 is 14.4 Å². The summed E-state index contributed by atoms with van der Waals surface area (Å²) in [6.45, 7) is 6.69. The topological polar surface area (TPSA) is 64.6 Å². The Morgan fingerprint density at radius 2 is 1.95 bits per heavy atom. The summed E-state index contributed by atoms with van der Waals surface area (Å²) in [4.78, 5) is 15.1. The maximum absolute atomic E-state index is 12.6. The molecule has 2 saturated heterocycles. The number of nitrogens with zero attached hydrogens (tertiary/aromatic N) is 3. The maximum atomic E-state index is 12.6. The number of likely N-dealkylation sites (tertiary alicyclic amines) is 1. The summed E-state index contributed by atoms with van der Waals surface area (Å²) < 4.78 is 15.3. The third-order valence-electron chi connectivity index (χ3n) is 3.88. The van der Waals surface area contributed by atoms with Gasteiger partial charge in [0.05, 0.1) is 18.9 Å². The molecule has 110 valence electrons. The molecule has 2 aliphatic rings. The molecule has 1 aromatic heterocycles. The van der Waals surface area contributed by atoms with E-state index in [1.807, 2.05) is 18.7 Å². The fourth-order valence-corrected chi connectivity index (χ4v) is 3.49. The van der Waals surface area contributed by atoms with Crippen LogP contribution in [0.4, 0.5) is 0 Å². The van der Waals surface area contributed by atoms with E-state index in [2.05, 4.69) is 9.59 Å². The summed E-state index contributed by atoms with van der Waals surface area (Å²) in [5, 5.41) is 4.07. The standard InChI is InChI=1S/C13H19N3O3S/c1-9(2)10-11(20-15-14-10)12(17)16-5-3-13(4-6-16)18-7-8-19-13/h9H,3-8H2,1-2H3. The second-order valence-corrected chi connectivity index (χ2v) is 6.30. The van der Waals surface area contributed by atoms with Crippen LogP contribution in [0.2, 0.25) is 0 Å². The molecule has 1 aromatic rings. The summed E-state index contributed by atoms with van der Waals surface area (Å²) >= 11 is 1.19. The molecular weight excluding hydrogens is 278 g/mol. The number of hydrogen-bond acceptors (Lipinski definition) is 6. The highest BCUT2D eigenvalue weighted by Gasteiger charge is 2.41. The van der Waals surface area contributed by atoms with Crippen molar-refractivity contribution in [2.45, 2.75) is 38.4 Å². The Hall–Kier alpha value is -1.05. The zero-order valence-corrected chi connectivity index (χ0v) is 12.6. The number of amides is 1. The highest BCUT2D eigenvalue weighted by atomic mass is 32.1. The Labute approximate surface area is 122 Å². The highest BCUT2D eigenvalue weighted by Crippen LogP contribution is 2.32. The van der Waals surface area contributed by atoms with E-state index in [1.165, 1.54) is 11.5 Å². The van der Waals surface area contributed by atoms with Crippen LogP contribution in [0.3, 0.4) is 0 Å². The van der Waals surface area contributed by atoms with Gasteiger partial charge in [-0.05, 0) is 17.5 Å². The van der Waals surface area contributed by atoms with Gasteiger partial charge in [0, 0.05) is 25.9 Å². The van der Waals surface area contributed by atoms with Gasteiger partial charge in [-0.3, -0.25) is 4.79 Å². The number of ether oxygens (including phenoxy) is 2. The van der Waals surface area contributed by atoms with Crippen LogP contribution < -0.4 is 0 Å². The van der Waals surface area contributed by atoms with Gasteiger partial charge in [0.1, 0.15) is 4.88 Å². The fourth-order valence-electron chi connectivity index (χ4n) is 2.70. The Kier molecular flexibility index (Phi) is 3.74. The molecule has 2 fully saturated rings. The Morgan fingerprint density at radius 3 is 2.55 bits per heavy atom. The van der Waals surface area contributed by atoms with Gasteiger partial charge in [-0.1, -0.05) is 18.3 Å². The Balaban J connectivity index is 1.68. The van der Waals surface area contributed by atoms with E-state index in [4.69, 9.17) is 9.47 Å². The van der Waals surface area contributed by atoms with Crippen molar-refractivity contribution in [3.05, 3.63) is 10.6 Å². The van der Waals surface area contributed by atoms with Crippen molar-refractivity contribution in [1.82, 2.24) is 14.5 Å². The first-order valence-corrected chi connectivity index (χ1v) is 7.78. The third-order valence-corrected chi connectivity index (χ3v) is 4.61. The predicted molar refractivity (Wildman–Crippen MR) is 73.8 cm³/mol. The number of rotatable bonds is 2. The largest absolute Gasteiger partial charge is 0.347 e. The van der Waals surface area contributed by atoms with Crippen LogP contribution in [0, 0.1) is 0 Å². The molecule has 0 radical (unpaired) electrons. The van der Waals surface area contributed by atoms with E-state index >= 15 is 0 Å². The van der Waals surface area contributed by atoms with E-state index < -0.39 is 5.79 Å². The molecule has 1 amide bonds. The van der Waals surface area contributed by atoms with Crippen molar-refractivity contribution in [1.29, 1.82) is 0 Å². The first kappa shape index (κ1) is 13.9. The smallest absolute Gasteiger partial charge is 0.267 e. The fraction of sp³-hybridized carbons (Fsp3) is 0.769. The number of hydrogen-bond donors (Lipinski definition) is 0. The normalized spacial score (nSPS) is 21.9. The minimum absolute atomic E-state index is 0.0385. The molecule has 7 heteroatoms. The zero-order valence-electron chi connectivity index (χ0n) is 11.8. The number of carbonyl (C=O) groups excluding carboxylic acids is 1. The molecule has 0 saturated carbocycles. The van der Waals surface area contributed by atoms with Crippen LogP contribution >= 0.6 is 11.5 Å². The summed E-state index contributed by atoms with van der Waals surface area (Å²) in [6, 6.07) is 0. The van der Waals surface area contributed by atoms with Crippen LogP contribution in [0.1, 0.15) is 48.0 Å². The van der Waals surface area contributed by atoms with E-state index in [0.717, 1.165) is 18.5 Å². The SMILES string of the molecule is CC(C)c1nnsc1C(=O)N1CCC2(CC1)OCCO2. The Morgan fingerprint density at radius 1 is 1.30 bits per heavy atom. The average Bonchev–Trinajstić information content (AvgIpc) is 3.08. The monoisotopic (exact) mass is 297 g/mol. The minimum atomic E-state index is -0.441. The van der Waals surface area contributed by atoms with Crippen LogP contribution in [0.5, 0.6) is 0 Å². The zero-order chi connectivity index (χ0) is 14.2. The maximum Gasteiger partial charge on any atom is 0.267 e. The quantitative estimate of drug-likeness (QED) is 0.830. The molecule has 0 bridgehead atoms. The molecule has 3 heterocycles. The second kappa shape index (κ2) is 5.38. The van der Waals surface area contributed by atoms with Crippen molar-refractivity contribution in [2.24, 2.45) is 0 Å². The van der Waals surface area contributed by atoms with Crippen LogP contribution in [0.25, 0.3) is 0 Å². The lowest BCUT2D eigenvalue weighted by molar-refractivity contribution is -0.181. The molecule has 0 unspecified atom stereocenters. The van der Waals surface area contributed by atoms with Crippen molar-refractivity contribution in [2.75, 3.05) is 26.3 Å². The van der Waals surface area contributed by atoms with Gasteiger partial charge in [0.25, 0.3) is 5.91 Å². The van der Waals surface area contributed by atoms with E-state index in [-0.39, 0.29) is 11.8 Å². The first-order valence-electron chi connectivity index (χ1n) is 7.01. The average molecular weight is 297 g/mol. The van der Waals surface area contributed by atoms with E-state index in [1.54, 1.807) is 0 Å². The number of carbonyl (C=O) groups is 1.